The van der Waals surface area contributed by atoms with E-state index in [1.807, 2.05) is 0 Å². The van der Waals surface area contributed by atoms with Crippen LogP contribution in [0.15, 0.2) is 42.5 Å². The van der Waals surface area contributed by atoms with Crippen LogP contribution in [-0.2, 0) is 6.18 Å². The fraction of sp³-hybridized carbons (Fsp3) is 0.0769. The number of phenols is 1. The summed E-state index contributed by atoms with van der Waals surface area (Å²) in [6, 6.07) is 8.94. The molecule has 1 N–H and O–H groups in total. The summed E-state index contributed by atoms with van der Waals surface area (Å²) in [4.78, 5) is 0. The second-order valence-electron chi connectivity index (χ2n) is 3.74. The second kappa shape index (κ2) is 4.53. The van der Waals surface area contributed by atoms with Crippen molar-refractivity contribution >= 4 is 11.6 Å². The molecule has 0 bridgehead atoms. The normalized spacial score (nSPS) is 11.6. The van der Waals surface area contributed by atoms with Gasteiger partial charge in [-0.3, -0.25) is 0 Å². The molecular formula is C13H8ClF3O. The third kappa shape index (κ3) is 2.59. The molecule has 0 saturated carbocycles. The van der Waals surface area contributed by atoms with Gasteiger partial charge in [-0.25, -0.2) is 0 Å². The molecule has 2 aromatic carbocycles. The number of benzene rings is 2. The number of hydrogen-bond donors (Lipinski definition) is 1. The molecule has 0 aromatic heterocycles. The van der Waals surface area contributed by atoms with Crippen LogP contribution in [0.25, 0.3) is 11.1 Å². The zero-order chi connectivity index (χ0) is 13.3. The average Bonchev–Trinajstić information content (AvgIpc) is 2.31. The molecule has 0 heterocycles. The van der Waals surface area contributed by atoms with Crippen molar-refractivity contribution in [2.75, 3.05) is 0 Å². The molecule has 0 amide bonds. The molecule has 18 heavy (non-hydrogen) atoms. The highest BCUT2D eigenvalue weighted by molar-refractivity contribution is 6.31. The Hall–Kier alpha value is -1.68. The molecule has 0 spiro atoms. The van der Waals surface area contributed by atoms with Crippen molar-refractivity contribution in [3.8, 4) is 16.9 Å². The van der Waals surface area contributed by atoms with E-state index in [9.17, 15) is 18.3 Å². The number of phenolic OH excluding ortho intramolecular Hbond substituents is 1. The highest BCUT2D eigenvalue weighted by Gasteiger charge is 2.30. The first kappa shape index (κ1) is 12.8. The molecule has 1 nitrogen and oxygen atoms in total. The van der Waals surface area contributed by atoms with Crippen molar-refractivity contribution in [3.05, 3.63) is 53.1 Å². The summed E-state index contributed by atoms with van der Waals surface area (Å²) in [6.07, 6.45) is -4.37. The fourth-order valence-corrected chi connectivity index (χ4v) is 1.75. The van der Waals surface area contributed by atoms with Crippen LogP contribution >= 0.6 is 11.6 Å². The van der Waals surface area contributed by atoms with Crippen molar-refractivity contribution in [2.24, 2.45) is 0 Å². The first-order valence-corrected chi connectivity index (χ1v) is 5.42. The molecule has 0 aliphatic carbocycles. The van der Waals surface area contributed by atoms with E-state index in [0.29, 0.717) is 16.1 Å². The minimum absolute atomic E-state index is 0.0286. The van der Waals surface area contributed by atoms with Crippen LogP contribution in [0.2, 0.25) is 5.02 Å². The molecule has 0 saturated heterocycles. The predicted molar refractivity (Wildman–Crippen MR) is 63.6 cm³/mol. The number of aromatic hydroxyl groups is 1. The molecule has 0 radical (unpaired) electrons. The summed E-state index contributed by atoms with van der Waals surface area (Å²) in [5.74, 6) is -0.0286. The van der Waals surface area contributed by atoms with Crippen LogP contribution in [0.3, 0.4) is 0 Å². The van der Waals surface area contributed by atoms with Crippen molar-refractivity contribution in [1.29, 1.82) is 0 Å². The zero-order valence-corrected chi connectivity index (χ0v) is 9.76. The molecule has 2 aromatic rings. The largest absolute Gasteiger partial charge is 0.507 e. The Morgan fingerprint density at radius 1 is 0.944 bits per heavy atom. The van der Waals surface area contributed by atoms with E-state index in [0.717, 1.165) is 12.1 Å². The third-order valence-corrected chi connectivity index (χ3v) is 2.72. The predicted octanol–water partition coefficient (Wildman–Crippen LogP) is 4.73. The van der Waals surface area contributed by atoms with Gasteiger partial charge in [0.1, 0.15) is 5.75 Å². The highest BCUT2D eigenvalue weighted by Crippen LogP contribution is 2.34. The average molecular weight is 273 g/mol. The van der Waals surface area contributed by atoms with Crippen LogP contribution in [0, 0.1) is 0 Å². The lowest BCUT2D eigenvalue weighted by molar-refractivity contribution is -0.137. The number of halogens is 4. The van der Waals surface area contributed by atoms with E-state index in [-0.39, 0.29) is 5.75 Å². The molecule has 0 atom stereocenters. The van der Waals surface area contributed by atoms with E-state index in [4.69, 9.17) is 11.6 Å². The van der Waals surface area contributed by atoms with Crippen molar-refractivity contribution in [2.45, 2.75) is 6.18 Å². The van der Waals surface area contributed by atoms with Gasteiger partial charge in [-0.2, -0.15) is 13.2 Å². The Morgan fingerprint density at radius 2 is 1.56 bits per heavy atom. The van der Waals surface area contributed by atoms with Crippen molar-refractivity contribution in [3.63, 3.8) is 0 Å². The smallest absolute Gasteiger partial charge is 0.416 e. The van der Waals surface area contributed by atoms with Gasteiger partial charge in [0.25, 0.3) is 0 Å². The Morgan fingerprint density at radius 3 is 2.11 bits per heavy atom. The maximum absolute atomic E-state index is 12.4. The molecule has 2 rings (SSSR count). The molecule has 0 fully saturated rings. The van der Waals surface area contributed by atoms with E-state index in [1.165, 1.54) is 30.3 Å². The third-order valence-electron chi connectivity index (χ3n) is 2.48. The van der Waals surface area contributed by atoms with Crippen LogP contribution in [0.4, 0.5) is 13.2 Å². The first-order valence-electron chi connectivity index (χ1n) is 5.04. The van der Waals surface area contributed by atoms with E-state index in [2.05, 4.69) is 0 Å². The summed E-state index contributed by atoms with van der Waals surface area (Å²) in [5.41, 5.74) is 0.145. The van der Waals surface area contributed by atoms with Gasteiger partial charge in [-0.15, -0.1) is 0 Å². The molecule has 0 aliphatic rings. The summed E-state index contributed by atoms with van der Waals surface area (Å²) in [7, 11) is 0. The van der Waals surface area contributed by atoms with E-state index < -0.39 is 11.7 Å². The first-order chi connectivity index (χ1) is 8.38. The highest BCUT2D eigenvalue weighted by atomic mass is 35.5. The standard InChI is InChI=1S/C13H8ClF3O/c14-10-5-6-12(18)11(7-10)8-1-3-9(4-2-8)13(15,16)17/h1-7,18H. The summed E-state index contributed by atoms with van der Waals surface area (Å²) in [6.45, 7) is 0. The molecular weight excluding hydrogens is 265 g/mol. The van der Waals surface area contributed by atoms with Crippen LogP contribution in [0.5, 0.6) is 5.75 Å². The van der Waals surface area contributed by atoms with Crippen LogP contribution in [0.1, 0.15) is 5.56 Å². The maximum atomic E-state index is 12.4. The number of rotatable bonds is 1. The second-order valence-corrected chi connectivity index (χ2v) is 4.17. The zero-order valence-electron chi connectivity index (χ0n) is 9.00. The monoisotopic (exact) mass is 272 g/mol. The van der Waals surface area contributed by atoms with Crippen molar-refractivity contribution < 1.29 is 18.3 Å². The van der Waals surface area contributed by atoms with Gasteiger partial charge >= 0.3 is 6.18 Å². The molecule has 0 unspecified atom stereocenters. The SMILES string of the molecule is Oc1ccc(Cl)cc1-c1ccc(C(F)(F)F)cc1. The lowest BCUT2D eigenvalue weighted by atomic mass is 10.0. The van der Waals surface area contributed by atoms with Gasteiger partial charge in [0.15, 0.2) is 0 Å². The maximum Gasteiger partial charge on any atom is 0.416 e. The number of hydrogen-bond acceptors (Lipinski definition) is 1. The van der Waals surface area contributed by atoms with Gasteiger partial charge in [-0.1, -0.05) is 23.7 Å². The molecule has 0 aliphatic heterocycles. The lowest BCUT2D eigenvalue weighted by Crippen LogP contribution is -2.03. The Kier molecular flexibility index (Phi) is 3.22. The van der Waals surface area contributed by atoms with Gasteiger partial charge in [0.2, 0.25) is 0 Å². The van der Waals surface area contributed by atoms with Crippen LogP contribution in [-0.4, -0.2) is 5.11 Å². The Bertz CT molecular complexity index is 561. The van der Waals surface area contributed by atoms with E-state index >= 15 is 0 Å². The Labute approximate surface area is 106 Å². The van der Waals surface area contributed by atoms with Gasteiger partial charge in [0, 0.05) is 10.6 Å². The Balaban J connectivity index is 2.43. The summed E-state index contributed by atoms with van der Waals surface area (Å²) >= 11 is 5.78. The quantitative estimate of drug-likeness (QED) is 0.795. The summed E-state index contributed by atoms with van der Waals surface area (Å²) < 4.78 is 37.2. The lowest BCUT2D eigenvalue weighted by Gasteiger charge is -2.09. The summed E-state index contributed by atoms with van der Waals surface area (Å²) in [5, 5.41) is 10.0. The van der Waals surface area contributed by atoms with E-state index in [1.54, 1.807) is 0 Å². The molecule has 5 heteroatoms. The fourth-order valence-electron chi connectivity index (χ4n) is 1.58. The minimum Gasteiger partial charge on any atom is -0.507 e. The van der Waals surface area contributed by atoms with Gasteiger partial charge in [-0.05, 0) is 35.9 Å². The van der Waals surface area contributed by atoms with Crippen molar-refractivity contribution in [1.82, 2.24) is 0 Å². The van der Waals surface area contributed by atoms with Gasteiger partial charge < -0.3 is 5.11 Å². The van der Waals surface area contributed by atoms with Crippen LogP contribution < -0.4 is 0 Å². The minimum atomic E-state index is -4.37. The molecule has 94 valence electrons. The van der Waals surface area contributed by atoms with Gasteiger partial charge in [0.05, 0.1) is 5.56 Å². The number of alkyl halides is 3. The topological polar surface area (TPSA) is 20.2 Å².